The van der Waals surface area contributed by atoms with E-state index in [-0.39, 0.29) is 16.6 Å². The van der Waals surface area contributed by atoms with Crippen LogP contribution in [0.2, 0.25) is 5.02 Å². The van der Waals surface area contributed by atoms with Crippen molar-refractivity contribution < 1.29 is 14.3 Å². The second-order valence-corrected chi connectivity index (χ2v) is 8.02. The minimum Gasteiger partial charge on any atom is -0.451 e. The van der Waals surface area contributed by atoms with Crippen LogP contribution in [0.15, 0.2) is 46.9 Å². The normalized spacial score (nSPS) is 10.7. The molecule has 0 aliphatic carbocycles. The molecule has 7 nitrogen and oxygen atoms in total. The van der Waals surface area contributed by atoms with Crippen molar-refractivity contribution >= 4 is 39.4 Å². The van der Waals surface area contributed by atoms with E-state index >= 15 is 0 Å². The lowest BCUT2D eigenvalue weighted by molar-refractivity contribution is -0.133. The number of carbonyl (C=O) groups is 2. The number of rotatable bonds is 6. The number of likely N-dealkylation sites (N-methyl/N-ethyl adjacent to an activating group) is 1. The molecule has 1 aromatic carbocycles. The molecule has 0 saturated heterocycles. The van der Waals surface area contributed by atoms with E-state index < -0.39 is 12.6 Å². The van der Waals surface area contributed by atoms with Crippen LogP contribution in [0.4, 0.5) is 0 Å². The van der Waals surface area contributed by atoms with Gasteiger partial charge in [-0.05, 0) is 43.7 Å². The maximum atomic E-state index is 12.5. The van der Waals surface area contributed by atoms with Crippen LogP contribution in [0.5, 0.6) is 0 Å². The first-order valence-electron chi connectivity index (χ1n) is 9.11. The molecule has 30 heavy (non-hydrogen) atoms. The van der Waals surface area contributed by atoms with E-state index in [2.05, 4.69) is 26.0 Å². The van der Waals surface area contributed by atoms with Gasteiger partial charge in [-0.3, -0.25) is 4.79 Å². The summed E-state index contributed by atoms with van der Waals surface area (Å²) < 4.78 is 7.68. The van der Waals surface area contributed by atoms with Crippen LogP contribution >= 0.6 is 27.5 Å². The third kappa shape index (κ3) is 5.06. The van der Waals surface area contributed by atoms with Crippen LogP contribution in [0, 0.1) is 13.8 Å². The highest BCUT2D eigenvalue weighted by Crippen LogP contribution is 2.19. The first-order chi connectivity index (χ1) is 14.3. The van der Waals surface area contributed by atoms with Gasteiger partial charge in [-0.2, -0.15) is 5.10 Å². The summed E-state index contributed by atoms with van der Waals surface area (Å²) >= 11 is 9.59. The van der Waals surface area contributed by atoms with Crippen molar-refractivity contribution in [3.63, 3.8) is 0 Å². The minimum absolute atomic E-state index is 0.0667. The minimum atomic E-state index is -0.772. The molecule has 0 aliphatic rings. The maximum Gasteiger partial charge on any atom is 0.359 e. The van der Waals surface area contributed by atoms with Crippen LogP contribution in [0.25, 0.3) is 5.82 Å². The third-order valence-electron chi connectivity index (χ3n) is 4.37. The van der Waals surface area contributed by atoms with Crippen LogP contribution in [-0.4, -0.2) is 45.2 Å². The number of aromatic nitrogens is 3. The van der Waals surface area contributed by atoms with Gasteiger partial charge in [0.2, 0.25) is 0 Å². The van der Waals surface area contributed by atoms with Gasteiger partial charge in [0.1, 0.15) is 0 Å². The fraction of sp³-hybridized carbons (Fsp3) is 0.238. The summed E-state index contributed by atoms with van der Waals surface area (Å²) in [6, 6.07) is 12.7. The van der Waals surface area contributed by atoms with E-state index in [4.69, 9.17) is 16.3 Å². The van der Waals surface area contributed by atoms with Crippen molar-refractivity contribution in [1.82, 2.24) is 19.7 Å². The standard InChI is InChI=1S/C21H20BrClN4O3/c1-13-10-14(2)27(25-13)18-9-8-17(23)20(24-18)21(29)30-12-19(28)26(3)11-15-6-4-5-7-16(15)22/h4-10H,11-12H2,1-3H3. The molecule has 9 heteroatoms. The van der Waals surface area contributed by atoms with Crippen molar-refractivity contribution in [3.05, 3.63) is 74.6 Å². The van der Waals surface area contributed by atoms with Crippen LogP contribution in [-0.2, 0) is 16.1 Å². The Kier molecular flexibility index (Phi) is 6.89. The van der Waals surface area contributed by atoms with Crippen molar-refractivity contribution in [2.45, 2.75) is 20.4 Å². The van der Waals surface area contributed by atoms with E-state index in [0.29, 0.717) is 12.4 Å². The quantitative estimate of drug-likeness (QED) is 0.485. The zero-order valence-corrected chi connectivity index (χ0v) is 19.1. The van der Waals surface area contributed by atoms with Crippen LogP contribution < -0.4 is 0 Å². The van der Waals surface area contributed by atoms with Gasteiger partial charge in [0.15, 0.2) is 18.1 Å². The van der Waals surface area contributed by atoms with Gasteiger partial charge < -0.3 is 9.64 Å². The van der Waals surface area contributed by atoms with Crippen molar-refractivity contribution in [2.24, 2.45) is 0 Å². The largest absolute Gasteiger partial charge is 0.451 e. The molecule has 0 saturated carbocycles. The van der Waals surface area contributed by atoms with E-state index in [1.165, 1.54) is 4.90 Å². The van der Waals surface area contributed by atoms with Gasteiger partial charge in [0.05, 0.1) is 10.7 Å². The third-order valence-corrected chi connectivity index (χ3v) is 5.45. The smallest absolute Gasteiger partial charge is 0.359 e. The highest BCUT2D eigenvalue weighted by Gasteiger charge is 2.19. The van der Waals surface area contributed by atoms with Gasteiger partial charge in [-0.1, -0.05) is 45.7 Å². The number of halogens is 2. The second-order valence-electron chi connectivity index (χ2n) is 6.76. The van der Waals surface area contributed by atoms with Gasteiger partial charge in [-0.25, -0.2) is 14.5 Å². The predicted molar refractivity (Wildman–Crippen MR) is 117 cm³/mol. The van der Waals surface area contributed by atoms with Gasteiger partial charge in [0.25, 0.3) is 5.91 Å². The number of hydrogen-bond acceptors (Lipinski definition) is 5. The molecule has 0 bridgehead atoms. The van der Waals surface area contributed by atoms with Crippen LogP contribution in [0.1, 0.15) is 27.4 Å². The van der Waals surface area contributed by atoms with Gasteiger partial charge in [0, 0.05) is 23.8 Å². The number of nitrogens with zero attached hydrogens (tertiary/aromatic N) is 4. The predicted octanol–water partition coefficient (Wildman–Crippen LogP) is 4.12. The maximum absolute atomic E-state index is 12.5. The molecule has 3 aromatic rings. The number of amides is 1. The molecule has 0 radical (unpaired) electrons. The molecule has 0 N–H and O–H groups in total. The Balaban J connectivity index is 1.67. The highest BCUT2D eigenvalue weighted by molar-refractivity contribution is 9.10. The summed E-state index contributed by atoms with van der Waals surface area (Å²) in [7, 11) is 1.64. The van der Waals surface area contributed by atoms with E-state index in [9.17, 15) is 9.59 Å². The fourth-order valence-corrected chi connectivity index (χ4v) is 3.42. The highest BCUT2D eigenvalue weighted by atomic mass is 79.9. The average Bonchev–Trinajstić information content (AvgIpc) is 3.05. The van der Waals surface area contributed by atoms with Crippen molar-refractivity contribution in [2.75, 3.05) is 13.7 Å². The lowest BCUT2D eigenvalue weighted by Crippen LogP contribution is -2.31. The van der Waals surface area contributed by atoms with Gasteiger partial charge in [-0.15, -0.1) is 0 Å². The summed E-state index contributed by atoms with van der Waals surface area (Å²) in [5, 5.41) is 4.49. The Morgan fingerprint density at radius 1 is 1.20 bits per heavy atom. The molecule has 0 unspecified atom stereocenters. The number of aryl methyl sites for hydroxylation is 2. The molecular weight excluding hydrogens is 472 g/mol. The number of ether oxygens (including phenoxy) is 1. The topological polar surface area (TPSA) is 77.3 Å². The zero-order valence-electron chi connectivity index (χ0n) is 16.7. The lowest BCUT2D eigenvalue weighted by atomic mass is 10.2. The van der Waals surface area contributed by atoms with Crippen molar-refractivity contribution in [3.8, 4) is 5.82 Å². The molecule has 0 fully saturated rings. The number of benzene rings is 1. The first-order valence-corrected chi connectivity index (χ1v) is 10.3. The molecule has 0 spiro atoms. The number of hydrogen-bond donors (Lipinski definition) is 0. The fourth-order valence-electron chi connectivity index (χ4n) is 2.83. The Bertz CT molecular complexity index is 1100. The van der Waals surface area contributed by atoms with Crippen LogP contribution in [0.3, 0.4) is 0 Å². The number of carbonyl (C=O) groups excluding carboxylic acids is 2. The molecule has 156 valence electrons. The van der Waals surface area contributed by atoms with Crippen molar-refractivity contribution in [1.29, 1.82) is 0 Å². The summed E-state index contributed by atoms with van der Waals surface area (Å²) in [5.41, 5.74) is 2.57. The molecule has 2 aromatic heterocycles. The first kappa shape index (κ1) is 22.0. The molecule has 0 atom stereocenters. The Morgan fingerprint density at radius 2 is 1.93 bits per heavy atom. The molecule has 1 amide bonds. The summed E-state index contributed by atoms with van der Waals surface area (Å²) in [4.78, 5) is 30.6. The Hall–Kier alpha value is -2.71. The second kappa shape index (κ2) is 9.40. The molecule has 3 rings (SSSR count). The monoisotopic (exact) mass is 490 g/mol. The van der Waals surface area contributed by atoms with E-state index in [0.717, 1.165) is 21.4 Å². The average molecular weight is 492 g/mol. The van der Waals surface area contributed by atoms with Gasteiger partial charge >= 0.3 is 5.97 Å². The summed E-state index contributed by atoms with van der Waals surface area (Å²) in [6.45, 7) is 3.71. The SMILES string of the molecule is Cc1cc(C)n(-c2ccc(Cl)c(C(=O)OCC(=O)N(C)Cc3ccccc3Br)n2)n1. The number of pyridine rings is 1. The summed E-state index contributed by atoms with van der Waals surface area (Å²) in [6.07, 6.45) is 0. The Labute approximate surface area is 187 Å². The Morgan fingerprint density at radius 3 is 2.60 bits per heavy atom. The number of esters is 1. The zero-order chi connectivity index (χ0) is 21.8. The summed E-state index contributed by atoms with van der Waals surface area (Å²) in [5.74, 6) is -0.676. The van der Waals surface area contributed by atoms with E-state index in [1.807, 2.05) is 44.2 Å². The lowest BCUT2D eigenvalue weighted by Gasteiger charge is -2.18. The molecule has 0 aliphatic heterocycles. The molecular formula is C21H20BrClN4O3. The molecule has 2 heterocycles. The van der Waals surface area contributed by atoms with E-state index in [1.54, 1.807) is 23.9 Å².